The molecule has 0 radical (unpaired) electrons. The minimum Gasteiger partial charge on any atom is -0.497 e. The third kappa shape index (κ3) is 4.95. The predicted molar refractivity (Wildman–Crippen MR) is 112 cm³/mol. The quantitative estimate of drug-likeness (QED) is 0.577. The van der Waals surface area contributed by atoms with Gasteiger partial charge in [0.05, 0.1) is 12.5 Å². The molecule has 160 valence electrons. The molecule has 0 saturated heterocycles. The molecule has 1 aromatic heterocycles. The highest BCUT2D eigenvalue weighted by Crippen LogP contribution is 2.14. The lowest BCUT2D eigenvalue weighted by Crippen LogP contribution is -2.34. The zero-order chi connectivity index (χ0) is 22.4. The number of carbonyl (C=O) groups excluding carboxylic acids is 3. The highest BCUT2D eigenvalue weighted by molar-refractivity contribution is 6.06. The van der Waals surface area contributed by atoms with Crippen molar-refractivity contribution in [3.05, 3.63) is 70.1 Å². The van der Waals surface area contributed by atoms with Gasteiger partial charge in [0.25, 0.3) is 17.4 Å². The maximum Gasteiger partial charge on any atom is 0.359 e. The van der Waals surface area contributed by atoms with Crippen LogP contribution in [-0.4, -0.2) is 41.3 Å². The zero-order valence-electron chi connectivity index (χ0n) is 17.1. The molecular formula is C22H21N3O6. The molecule has 1 heterocycles. The highest BCUT2D eigenvalue weighted by atomic mass is 16.5. The van der Waals surface area contributed by atoms with Gasteiger partial charge in [0.2, 0.25) is 0 Å². The predicted octanol–water partition coefficient (Wildman–Crippen LogP) is 1.93. The number of benzene rings is 2. The van der Waals surface area contributed by atoms with Crippen molar-refractivity contribution < 1.29 is 23.9 Å². The summed E-state index contributed by atoms with van der Waals surface area (Å²) in [6, 6.07) is 12.7. The SMILES string of the molecule is CCCn1nc(C(=O)OCC(=O)NC(=O)c2ccc(OC)cc2)c2ccccc2c1=O. The van der Waals surface area contributed by atoms with Gasteiger partial charge in [0.15, 0.2) is 12.3 Å². The van der Waals surface area contributed by atoms with E-state index in [0.29, 0.717) is 29.5 Å². The lowest BCUT2D eigenvalue weighted by Gasteiger charge is -2.10. The molecule has 1 N–H and O–H groups in total. The first-order valence-electron chi connectivity index (χ1n) is 9.59. The normalized spacial score (nSPS) is 10.5. The molecule has 9 nitrogen and oxygen atoms in total. The van der Waals surface area contributed by atoms with Crippen molar-refractivity contribution in [2.45, 2.75) is 19.9 Å². The molecule has 0 unspecified atom stereocenters. The van der Waals surface area contributed by atoms with Gasteiger partial charge in [0.1, 0.15) is 5.75 Å². The van der Waals surface area contributed by atoms with Crippen LogP contribution in [0.4, 0.5) is 0 Å². The number of carbonyl (C=O) groups is 3. The van der Waals surface area contributed by atoms with E-state index in [4.69, 9.17) is 9.47 Å². The van der Waals surface area contributed by atoms with E-state index >= 15 is 0 Å². The third-order valence-corrected chi connectivity index (χ3v) is 4.44. The van der Waals surface area contributed by atoms with Crippen molar-refractivity contribution in [3.63, 3.8) is 0 Å². The summed E-state index contributed by atoms with van der Waals surface area (Å²) in [6.45, 7) is 1.54. The molecule has 0 bridgehead atoms. The number of nitrogens with zero attached hydrogens (tertiary/aromatic N) is 2. The monoisotopic (exact) mass is 423 g/mol. The Kier molecular flexibility index (Phi) is 6.76. The average Bonchev–Trinajstić information content (AvgIpc) is 2.79. The summed E-state index contributed by atoms with van der Waals surface area (Å²) in [4.78, 5) is 49.3. The minimum absolute atomic E-state index is 0.0714. The van der Waals surface area contributed by atoms with E-state index in [1.165, 1.54) is 23.9 Å². The fourth-order valence-corrected chi connectivity index (χ4v) is 2.93. The van der Waals surface area contributed by atoms with E-state index in [0.717, 1.165) is 0 Å². The summed E-state index contributed by atoms with van der Waals surface area (Å²) in [5.41, 5.74) is -0.130. The van der Waals surface area contributed by atoms with Gasteiger partial charge >= 0.3 is 5.97 Å². The number of methoxy groups -OCH3 is 1. The van der Waals surface area contributed by atoms with Gasteiger partial charge in [-0.15, -0.1) is 0 Å². The number of ether oxygens (including phenoxy) is 2. The Balaban J connectivity index is 1.70. The van der Waals surface area contributed by atoms with Crippen LogP contribution in [0.2, 0.25) is 0 Å². The smallest absolute Gasteiger partial charge is 0.359 e. The summed E-state index contributed by atoms with van der Waals surface area (Å²) in [5, 5.41) is 6.92. The molecule has 0 fully saturated rings. The van der Waals surface area contributed by atoms with Crippen LogP contribution in [0.3, 0.4) is 0 Å². The molecule has 0 aliphatic carbocycles. The molecule has 2 aromatic carbocycles. The van der Waals surface area contributed by atoms with Crippen LogP contribution in [-0.2, 0) is 16.1 Å². The first kappa shape index (κ1) is 21.7. The first-order chi connectivity index (χ1) is 14.9. The largest absolute Gasteiger partial charge is 0.497 e. The van der Waals surface area contributed by atoms with Gasteiger partial charge in [-0.1, -0.05) is 25.1 Å². The van der Waals surface area contributed by atoms with E-state index in [1.807, 2.05) is 6.92 Å². The molecule has 0 aliphatic heterocycles. The molecular weight excluding hydrogens is 402 g/mol. The van der Waals surface area contributed by atoms with E-state index in [-0.39, 0.29) is 16.8 Å². The average molecular weight is 423 g/mol. The number of hydrogen-bond acceptors (Lipinski definition) is 7. The molecule has 0 atom stereocenters. The number of rotatable bonds is 7. The Labute approximate surface area is 177 Å². The van der Waals surface area contributed by atoms with Crippen LogP contribution >= 0.6 is 0 Å². The maximum absolute atomic E-state index is 12.6. The molecule has 0 saturated carbocycles. The molecule has 0 aliphatic rings. The minimum atomic E-state index is -0.868. The third-order valence-electron chi connectivity index (χ3n) is 4.44. The summed E-state index contributed by atoms with van der Waals surface area (Å²) >= 11 is 0. The van der Waals surface area contributed by atoms with Crippen molar-refractivity contribution in [3.8, 4) is 5.75 Å². The van der Waals surface area contributed by atoms with E-state index in [9.17, 15) is 19.2 Å². The Hall–Kier alpha value is -4.01. The van der Waals surface area contributed by atoms with Gasteiger partial charge in [-0.05, 0) is 36.8 Å². The molecule has 31 heavy (non-hydrogen) atoms. The van der Waals surface area contributed by atoms with Crippen molar-refractivity contribution in [1.29, 1.82) is 0 Å². The second-order valence-electron chi connectivity index (χ2n) is 6.60. The Morgan fingerprint density at radius 1 is 1.03 bits per heavy atom. The highest BCUT2D eigenvalue weighted by Gasteiger charge is 2.19. The molecule has 3 aromatic rings. The molecule has 2 amide bonds. The number of hydrogen-bond donors (Lipinski definition) is 1. The van der Waals surface area contributed by atoms with Crippen molar-refractivity contribution >= 4 is 28.6 Å². The number of amides is 2. The van der Waals surface area contributed by atoms with Gasteiger partial charge in [-0.2, -0.15) is 5.10 Å². The van der Waals surface area contributed by atoms with Crippen molar-refractivity contribution in [1.82, 2.24) is 15.1 Å². The second-order valence-corrected chi connectivity index (χ2v) is 6.60. The van der Waals surface area contributed by atoms with Crippen LogP contribution in [0.5, 0.6) is 5.75 Å². The summed E-state index contributed by atoms with van der Waals surface area (Å²) in [5.74, 6) is -1.72. The number of aryl methyl sites for hydroxylation is 1. The lowest BCUT2D eigenvalue weighted by atomic mass is 10.1. The van der Waals surface area contributed by atoms with Crippen LogP contribution in [0.25, 0.3) is 10.8 Å². The van der Waals surface area contributed by atoms with Gasteiger partial charge in [-0.25, -0.2) is 9.48 Å². The number of imide groups is 1. The fraction of sp³-hybridized carbons (Fsp3) is 0.227. The van der Waals surface area contributed by atoms with E-state index in [1.54, 1.807) is 36.4 Å². The van der Waals surface area contributed by atoms with Gasteiger partial charge < -0.3 is 9.47 Å². The standard InChI is InChI=1S/C22H21N3O6/c1-3-12-25-21(28)17-7-5-4-6-16(17)19(24-25)22(29)31-13-18(26)23-20(27)14-8-10-15(30-2)11-9-14/h4-11H,3,12-13H2,1-2H3,(H,23,26,27). The Morgan fingerprint density at radius 3 is 2.35 bits per heavy atom. The van der Waals surface area contributed by atoms with Gasteiger partial charge in [0, 0.05) is 17.5 Å². The van der Waals surface area contributed by atoms with Crippen LogP contribution < -0.4 is 15.6 Å². The first-order valence-corrected chi connectivity index (χ1v) is 9.59. The topological polar surface area (TPSA) is 117 Å². The number of fused-ring (bicyclic) bond motifs is 1. The Morgan fingerprint density at radius 2 is 1.71 bits per heavy atom. The summed E-state index contributed by atoms with van der Waals surface area (Å²) in [6.07, 6.45) is 0.648. The van der Waals surface area contributed by atoms with Crippen LogP contribution in [0, 0.1) is 0 Å². The number of nitrogens with one attached hydrogen (secondary N) is 1. The van der Waals surface area contributed by atoms with Crippen molar-refractivity contribution in [2.24, 2.45) is 0 Å². The fourth-order valence-electron chi connectivity index (χ4n) is 2.93. The maximum atomic E-state index is 12.6. The molecule has 3 rings (SSSR count). The molecule has 9 heteroatoms. The molecule has 0 spiro atoms. The Bertz CT molecular complexity index is 1180. The number of aromatic nitrogens is 2. The zero-order valence-corrected chi connectivity index (χ0v) is 17.1. The van der Waals surface area contributed by atoms with Crippen LogP contribution in [0.15, 0.2) is 53.3 Å². The van der Waals surface area contributed by atoms with E-state index < -0.39 is 24.4 Å². The van der Waals surface area contributed by atoms with Gasteiger partial charge in [-0.3, -0.25) is 19.7 Å². The van der Waals surface area contributed by atoms with Crippen molar-refractivity contribution in [2.75, 3.05) is 13.7 Å². The van der Waals surface area contributed by atoms with Crippen LogP contribution in [0.1, 0.15) is 34.2 Å². The second kappa shape index (κ2) is 9.66. The summed E-state index contributed by atoms with van der Waals surface area (Å²) in [7, 11) is 1.50. The summed E-state index contributed by atoms with van der Waals surface area (Å²) < 4.78 is 11.3. The number of esters is 1. The lowest BCUT2D eigenvalue weighted by molar-refractivity contribution is -0.123. The van der Waals surface area contributed by atoms with E-state index in [2.05, 4.69) is 10.4 Å².